The molecule has 54 heavy (non-hydrogen) atoms. The third kappa shape index (κ3) is 8.86. The Balaban J connectivity index is 1.24. The number of benzene rings is 3. The van der Waals surface area contributed by atoms with Gasteiger partial charge in [0.1, 0.15) is 0 Å². The van der Waals surface area contributed by atoms with Gasteiger partial charge in [-0.3, -0.25) is 9.87 Å². The Kier molecular flexibility index (Phi) is 12.5. The zero-order valence-corrected chi connectivity index (χ0v) is 35.3. The van der Waals surface area contributed by atoms with E-state index in [0.717, 1.165) is 68.9 Å². The smallest absolute Gasteiger partial charge is 0.342 e. The van der Waals surface area contributed by atoms with E-state index >= 15 is 0 Å². The van der Waals surface area contributed by atoms with E-state index in [1.807, 2.05) is 35.6 Å². The summed E-state index contributed by atoms with van der Waals surface area (Å²) in [6, 6.07) is 24.7. The Labute approximate surface area is 339 Å². The molecule has 0 spiro atoms. The summed E-state index contributed by atoms with van der Waals surface area (Å²) in [6.45, 7) is 11.2. The Bertz CT molecular complexity index is 2200. The van der Waals surface area contributed by atoms with Crippen LogP contribution in [0.3, 0.4) is 0 Å². The van der Waals surface area contributed by atoms with Crippen LogP contribution in [-0.4, -0.2) is 54.6 Å². The fourth-order valence-corrected chi connectivity index (χ4v) is 9.55. The second-order valence-corrected chi connectivity index (χ2v) is 18.7. The molecule has 3 aromatic rings. The van der Waals surface area contributed by atoms with Crippen molar-refractivity contribution < 1.29 is 27.7 Å². The number of hydrogen-bond acceptors (Lipinski definition) is 4. The molecule has 0 radical (unpaired) electrons. The number of primary amides is 1. The lowest BCUT2D eigenvalue weighted by molar-refractivity contribution is -0.561. The maximum atomic E-state index is 12.9. The Morgan fingerprint density at radius 3 is 2.43 bits per heavy atom. The number of carbonyl (C=O) groups is 1. The molecule has 0 fully saturated rings. The van der Waals surface area contributed by atoms with Crippen molar-refractivity contribution in [2.45, 2.75) is 77.0 Å². The first-order chi connectivity index (χ1) is 25.7. The normalized spacial score (nSPS) is 19.4. The molecule has 1 aliphatic carbocycles. The topological polar surface area (TPSA) is 94.3 Å². The van der Waals surface area contributed by atoms with E-state index in [1.165, 1.54) is 22.5 Å². The summed E-state index contributed by atoms with van der Waals surface area (Å²) in [7, 11) is -3.99. The van der Waals surface area contributed by atoms with Crippen LogP contribution in [0, 0.1) is 3.57 Å². The second kappa shape index (κ2) is 16.8. The van der Waals surface area contributed by atoms with Crippen LogP contribution < -0.4 is 10.2 Å². The van der Waals surface area contributed by atoms with Crippen molar-refractivity contribution >= 4 is 67.3 Å². The second-order valence-electron chi connectivity index (χ2n) is 15.5. The molecule has 0 unspecified atom stereocenters. The number of fused-ring (bicyclic) bond motifs is 2. The summed E-state index contributed by atoms with van der Waals surface area (Å²) in [5.41, 5.74) is 9.74. The minimum absolute atomic E-state index is 0.0718. The summed E-state index contributed by atoms with van der Waals surface area (Å²) < 4.78 is 35.4. The van der Waals surface area contributed by atoms with E-state index < -0.39 is 10.1 Å². The number of halogens is 2. The number of nitrogens with zero attached hydrogens (tertiary/aromatic N) is 2. The molecule has 3 N–H and O–H groups in total. The average molecular weight is 877 g/mol. The first-order valence-corrected chi connectivity index (χ1v) is 21.9. The molecule has 1 amide bonds. The van der Waals surface area contributed by atoms with E-state index in [4.69, 9.17) is 11.6 Å². The van der Waals surface area contributed by atoms with Gasteiger partial charge in [-0.15, -0.1) is 0 Å². The molecule has 284 valence electrons. The number of hydrogen-bond donors (Lipinski definition) is 2. The first-order valence-electron chi connectivity index (χ1n) is 18.9. The maximum Gasteiger partial charge on any atom is 0.342 e. The van der Waals surface area contributed by atoms with Crippen molar-refractivity contribution in [3.8, 4) is 0 Å². The van der Waals surface area contributed by atoms with Crippen LogP contribution in [0.15, 0.2) is 119 Å². The first kappa shape index (κ1) is 40.3. The Morgan fingerprint density at radius 1 is 0.926 bits per heavy atom. The Hall–Kier alpha value is -3.35. The molecule has 0 atom stereocenters. The van der Waals surface area contributed by atoms with Crippen molar-refractivity contribution in [1.82, 2.24) is 0 Å². The molecule has 0 bridgehead atoms. The van der Waals surface area contributed by atoms with Gasteiger partial charge in [0.05, 0.1) is 29.7 Å². The molecule has 2 aliphatic heterocycles. The molecular formula is C44H51ClIN3O4S+2. The summed E-state index contributed by atoms with van der Waals surface area (Å²) in [6.07, 6.45) is 13.5. The number of quaternary nitrogens is 1. The predicted octanol–water partition coefficient (Wildman–Crippen LogP) is 8.97. The van der Waals surface area contributed by atoms with Crippen LogP contribution in [0.4, 0.5) is 11.4 Å². The molecular weight excluding hydrogens is 826 g/mol. The standard InChI is InChI=1S/C44H49ClIN3O4S/c1-43(2)35-18-5-7-20-37(35)48(27-9-10-29-54(51,52)53)39(43)24-22-31-14-11-15-32(41(31)45)23-25-40-44(3,4)36-19-6-8-21-38(36)49(40)28-13-26-47-42(50)33-16-12-17-34(46)30-33/h5-8,12,16-25,30H,9-11,13-15,26-29H2,1-4H3,(H-,47,50,51,52,53)/p+2/i46-3. The SMILES string of the molecule is CC1(C)C(=CC=C2CCCC(C=CC3=[N+](CCC[NH2+]C(=O)c4cccc([124I])c4)c4ccccc4C3(C)C)=C2Cl)N(CCCCS(=O)(=O)O)c2ccccc21. The number of nitrogens with two attached hydrogens (primary N) is 1. The third-order valence-electron chi connectivity index (χ3n) is 11.0. The number of anilines is 1. The highest BCUT2D eigenvalue weighted by Gasteiger charge is 2.44. The van der Waals surface area contributed by atoms with E-state index in [-0.39, 0.29) is 22.5 Å². The van der Waals surface area contributed by atoms with Gasteiger partial charge in [0.2, 0.25) is 5.69 Å². The molecule has 6 rings (SSSR count). The number of para-hydroxylation sites is 2. The molecule has 0 aromatic heterocycles. The zero-order chi connectivity index (χ0) is 38.7. The van der Waals surface area contributed by atoms with Gasteiger partial charge in [0.15, 0.2) is 12.3 Å². The minimum Gasteiger partial charge on any atom is -0.344 e. The van der Waals surface area contributed by atoms with Crippen molar-refractivity contribution in [3.63, 3.8) is 0 Å². The van der Waals surface area contributed by atoms with E-state index in [1.54, 1.807) is 0 Å². The monoisotopic (exact) mass is 876 g/mol. The number of carbonyl (C=O) groups excluding carboxylic acids is 1. The van der Waals surface area contributed by atoms with Crippen LogP contribution in [0.1, 0.15) is 87.7 Å². The fraction of sp³-hybridized carbons (Fsp3) is 0.364. The highest BCUT2D eigenvalue weighted by Crippen LogP contribution is 2.48. The van der Waals surface area contributed by atoms with Crippen LogP contribution in [-0.2, 0) is 20.9 Å². The molecule has 0 saturated carbocycles. The van der Waals surface area contributed by atoms with Gasteiger partial charge in [-0.05, 0) is 116 Å². The number of allylic oxidation sites excluding steroid dienone is 8. The minimum atomic E-state index is -3.99. The number of amides is 1. The van der Waals surface area contributed by atoms with Gasteiger partial charge in [0, 0.05) is 49.7 Å². The lowest BCUT2D eigenvalue weighted by atomic mass is 9.81. The maximum absolute atomic E-state index is 12.9. The van der Waals surface area contributed by atoms with Crippen molar-refractivity contribution in [3.05, 3.63) is 139 Å². The van der Waals surface area contributed by atoms with Gasteiger partial charge < -0.3 is 4.90 Å². The van der Waals surface area contributed by atoms with E-state index in [2.05, 4.69) is 127 Å². The van der Waals surface area contributed by atoms with Crippen LogP contribution >= 0.6 is 34.2 Å². The lowest BCUT2D eigenvalue weighted by Crippen LogP contribution is -2.88. The van der Waals surface area contributed by atoms with E-state index in [9.17, 15) is 17.8 Å². The average Bonchev–Trinajstić information content (AvgIpc) is 3.48. The number of unbranched alkanes of at least 4 members (excludes halogenated alkanes) is 1. The molecule has 3 aliphatic rings. The van der Waals surface area contributed by atoms with Gasteiger partial charge in [-0.25, -0.2) is 4.79 Å². The number of rotatable bonds is 13. The lowest BCUT2D eigenvalue weighted by Gasteiger charge is -2.27. The molecule has 2 heterocycles. The zero-order valence-electron chi connectivity index (χ0n) is 31.6. The van der Waals surface area contributed by atoms with Crippen LogP contribution in [0.2, 0.25) is 0 Å². The van der Waals surface area contributed by atoms with Crippen molar-refractivity contribution in [1.29, 1.82) is 0 Å². The third-order valence-corrected chi connectivity index (χ3v) is 13.0. The Morgan fingerprint density at radius 2 is 1.67 bits per heavy atom. The van der Waals surface area contributed by atoms with Crippen LogP contribution in [0.5, 0.6) is 0 Å². The van der Waals surface area contributed by atoms with Gasteiger partial charge in [-0.1, -0.05) is 80.1 Å². The van der Waals surface area contributed by atoms with Crippen molar-refractivity contribution in [2.24, 2.45) is 0 Å². The van der Waals surface area contributed by atoms with Crippen LogP contribution in [0.25, 0.3) is 0 Å². The molecule has 7 nitrogen and oxygen atoms in total. The highest BCUT2D eigenvalue weighted by atomic mass is 124. The fourth-order valence-electron chi connectivity index (χ4n) is 8.13. The molecule has 0 saturated heterocycles. The van der Waals surface area contributed by atoms with Gasteiger partial charge in [-0.2, -0.15) is 13.0 Å². The summed E-state index contributed by atoms with van der Waals surface area (Å²) in [5, 5.41) is 2.62. The summed E-state index contributed by atoms with van der Waals surface area (Å²) >= 11 is 9.47. The van der Waals surface area contributed by atoms with Gasteiger partial charge >= 0.3 is 5.91 Å². The van der Waals surface area contributed by atoms with E-state index in [0.29, 0.717) is 25.9 Å². The highest BCUT2D eigenvalue weighted by molar-refractivity contribution is 14.1. The molecule has 10 heteroatoms. The quantitative estimate of drug-likeness (QED) is 0.0775. The largest absolute Gasteiger partial charge is 0.344 e. The summed E-state index contributed by atoms with van der Waals surface area (Å²) in [4.78, 5) is 15.1. The van der Waals surface area contributed by atoms with Crippen molar-refractivity contribution in [2.75, 3.05) is 30.3 Å². The summed E-state index contributed by atoms with van der Waals surface area (Å²) in [5.74, 6) is -0.165. The van der Waals surface area contributed by atoms with Gasteiger partial charge in [0.25, 0.3) is 10.1 Å². The predicted molar refractivity (Wildman–Crippen MR) is 229 cm³/mol. The molecule has 3 aromatic carbocycles.